The lowest BCUT2D eigenvalue weighted by Crippen LogP contribution is -2.29. The molecule has 96 valence electrons. The van der Waals surface area contributed by atoms with E-state index in [1.165, 1.54) is 11.1 Å². The van der Waals surface area contributed by atoms with Gasteiger partial charge in [0.1, 0.15) is 0 Å². The molecule has 1 N–H and O–H groups in total. The maximum atomic E-state index is 4.17. The Bertz CT molecular complexity index is 462. The molecule has 1 atom stereocenters. The van der Waals surface area contributed by atoms with Gasteiger partial charge in [-0.2, -0.15) is 5.10 Å². The summed E-state index contributed by atoms with van der Waals surface area (Å²) in [6.45, 7) is 3.23. The number of rotatable bonds is 6. The van der Waals surface area contributed by atoms with Crippen LogP contribution in [-0.4, -0.2) is 22.4 Å². The first kappa shape index (κ1) is 12.8. The fourth-order valence-electron chi connectivity index (χ4n) is 2.10. The Morgan fingerprint density at radius 2 is 2.00 bits per heavy atom. The van der Waals surface area contributed by atoms with E-state index < -0.39 is 0 Å². The van der Waals surface area contributed by atoms with Crippen molar-refractivity contribution in [2.24, 2.45) is 7.05 Å². The average Bonchev–Trinajstić information content (AvgIpc) is 2.76. The largest absolute Gasteiger partial charge is 0.314 e. The van der Waals surface area contributed by atoms with Crippen LogP contribution >= 0.6 is 0 Å². The molecular formula is C15H21N3. The Morgan fingerprint density at radius 1 is 1.22 bits per heavy atom. The highest BCUT2D eigenvalue weighted by atomic mass is 15.2. The van der Waals surface area contributed by atoms with Gasteiger partial charge in [-0.25, -0.2) is 0 Å². The van der Waals surface area contributed by atoms with Crippen molar-refractivity contribution in [2.75, 3.05) is 6.54 Å². The van der Waals surface area contributed by atoms with Crippen molar-refractivity contribution in [1.29, 1.82) is 0 Å². The van der Waals surface area contributed by atoms with E-state index in [4.69, 9.17) is 0 Å². The molecule has 0 amide bonds. The Balaban J connectivity index is 1.70. The van der Waals surface area contributed by atoms with E-state index >= 15 is 0 Å². The van der Waals surface area contributed by atoms with Gasteiger partial charge in [-0.05, 0) is 37.4 Å². The van der Waals surface area contributed by atoms with Crippen LogP contribution < -0.4 is 5.32 Å². The predicted octanol–water partition coefficient (Wildman–Crippen LogP) is 2.18. The summed E-state index contributed by atoms with van der Waals surface area (Å²) in [5.74, 6) is 0. The molecule has 0 aliphatic rings. The van der Waals surface area contributed by atoms with Gasteiger partial charge in [0.15, 0.2) is 0 Å². The van der Waals surface area contributed by atoms with Crippen LogP contribution in [0.3, 0.4) is 0 Å². The minimum absolute atomic E-state index is 0.504. The van der Waals surface area contributed by atoms with E-state index in [2.05, 4.69) is 53.9 Å². The van der Waals surface area contributed by atoms with Gasteiger partial charge in [0.05, 0.1) is 6.20 Å². The molecule has 2 aromatic rings. The minimum atomic E-state index is 0.504. The van der Waals surface area contributed by atoms with Crippen molar-refractivity contribution in [3.63, 3.8) is 0 Å². The molecule has 0 radical (unpaired) electrons. The lowest BCUT2D eigenvalue weighted by Gasteiger charge is -2.13. The highest BCUT2D eigenvalue weighted by molar-refractivity contribution is 5.15. The maximum Gasteiger partial charge on any atom is 0.0522 e. The van der Waals surface area contributed by atoms with E-state index in [0.29, 0.717) is 6.04 Å². The van der Waals surface area contributed by atoms with Crippen LogP contribution in [-0.2, 0) is 19.9 Å². The van der Waals surface area contributed by atoms with Crippen molar-refractivity contribution in [3.8, 4) is 0 Å². The second-order valence-corrected chi connectivity index (χ2v) is 4.82. The van der Waals surface area contributed by atoms with Crippen molar-refractivity contribution in [1.82, 2.24) is 15.1 Å². The van der Waals surface area contributed by atoms with Gasteiger partial charge < -0.3 is 5.32 Å². The first-order valence-electron chi connectivity index (χ1n) is 6.49. The highest BCUT2D eigenvalue weighted by Gasteiger charge is 2.03. The Hall–Kier alpha value is -1.61. The van der Waals surface area contributed by atoms with Crippen LogP contribution in [0.25, 0.3) is 0 Å². The zero-order chi connectivity index (χ0) is 12.8. The summed E-state index contributed by atoms with van der Waals surface area (Å²) in [6.07, 6.45) is 6.12. The van der Waals surface area contributed by atoms with Crippen LogP contribution in [0.15, 0.2) is 42.7 Å². The third-order valence-electron chi connectivity index (χ3n) is 3.05. The Kier molecular flexibility index (Phi) is 4.53. The van der Waals surface area contributed by atoms with E-state index in [1.54, 1.807) is 0 Å². The third kappa shape index (κ3) is 4.00. The van der Waals surface area contributed by atoms with Gasteiger partial charge in [0.2, 0.25) is 0 Å². The quantitative estimate of drug-likeness (QED) is 0.843. The van der Waals surface area contributed by atoms with E-state index in [9.17, 15) is 0 Å². The second kappa shape index (κ2) is 6.36. The summed E-state index contributed by atoms with van der Waals surface area (Å²) >= 11 is 0. The maximum absolute atomic E-state index is 4.17. The van der Waals surface area contributed by atoms with Crippen molar-refractivity contribution in [2.45, 2.75) is 25.8 Å². The number of nitrogens with one attached hydrogen (secondary N) is 1. The molecule has 1 heterocycles. The lowest BCUT2D eigenvalue weighted by atomic mass is 10.1. The van der Waals surface area contributed by atoms with Crippen molar-refractivity contribution < 1.29 is 0 Å². The summed E-state index contributed by atoms with van der Waals surface area (Å²) in [5, 5.41) is 7.72. The average molecular weight is 243 g/mol. The summed E-state index contributed by atoms with van der Waals surface area (Å²) in [5.41, 5.74) is 2.68. The molecule has 1 aromatic heterocycles. The zero-order valence-corrected chi connectivity index (χ0v) is 11.1. The summed E-state index contributed by atoms with van der Waals surface area (Å²) in [4.78, 5) is 0. The molecular weight excluding hydrogens is 222 g/mol. The molecule has 18 heavy (non-hydrogen) atoms. The Labute approximate surface area is 109 Å². The molecule has 3 heteroatoms. The van der Waals surface area contributed by atoms with Crippen molar-refractivity contribution >= 4 is 0 Å². The van der Waals surface area contributed by atoms with Crippen LogP contribution in [0.1, 0.15) is 18.1 Å². The van der Waals surface area contributed by atoms with Gasteiger partial charge in [-0.15, -0.1) is 0 Å². The third-order valence-corrected chi connectivity index (χ3v) is 3.05. The van der Waals surface area contributed by atoms with Crippen LogP contribution in [0.2, 0.25) is 0 Å². The predicted molar refractivity (Wildman–Crippen MR) is 74.5 cm³/mol. The van der Waals surface area contributed by atoms with E-state index in [0.717, 1.165) is 19.4 Å². The van der Waals surface area contributed by atoms with Gasteiger partial charge in [-0.3, -0.25) is 4.68 Å². The number of aromatic nitrogens is 2. The molecule has 1 unspecified atom stereocenters. The molecule has 1 aromatic carbocycles. The standard InChI is InChI=1S/C15H21N3/c1-13(10-14-6-4-3-5-7-14)16-9-8-15-11-17-18(2)12-15/h3-7,11-13,16H,8-10H2,1-2H3. The molecule has 2 rings (SSSR count). The first-order valence-corrected chi connectivity index (χ1v) is 6.49. The monoisotopic (exact) mass is 243 g/mol. The number of aryl methyl sites for hydroxylation is 1. The molecule has 0 fully saturated rings. The van der Waals surface area contributed by atoms with Gasteiger partial charge in [0.25, 0.3) is 0 Å². The Morgan fingerprint density at radius 3 is 2.67 bits per heavy atom. The molecule has 3 nitrogen and oxygen atoms in total. The molecule has 0 saturated carbocycles. The van der Waals surface area contributed by atoms with Crippen LogP contribution in [0, 0.1) is 0 Å². The van der Waals surface area contributed by atoms with Gasteiger partial charge >= 0.3 is 0 Å². The van der Waals surface area contributed by atoms with Crippen molar-refractivity contribution in [3.05, 3.63) is 53.9 Å². The van der Waals surface area contributed by atoms with Gasteiger partial charge in [0, 0.05) is 19.3 Å². The SMILES string of the molecule is CC(Cc1ccccc1)NCCc1cnn(C)c1. The minimum Gasteiger partial charge on any atom is -0.314 e. The summed E-state index contributed by atoms with van der Waals surface area (Å²) in [6, 6.07) is 11.1. The van der Waals surface area contributed by atoms with Crippen LogP contribution in [0.5, 0.6) is 0 Å². The fourth-order valence-corrected chi connectivity index (χ4v) is 2.10. The number of hydrogen-bond acceptors (Lipinski definition) is 2. The highest BCUT2D eigenvalue weighted by Crippen LogP contribution is 2.03. The molecule has 0 aliphatic carbocycles. The smallest absolute Gasteiger partial charge is 0.0522 e. The number of hydrogen-bond donors (Lipinski definition) is 1. The second-order valence-electron chi connectivity index (χ2n) is 4.82. The molecule has 0 spiro atoms. The first-order chi connectivity index (χ1) is 8.74. The molecule has 0 saturated heterocycles. The molecule has 0 bridgehead atoms. The normalized spacial score (nSPS) is 12.6. The van der Waals surface area contributed by atoms with Crippen LogP contribution in [0.4, 0.5) is 0 Å². The van der Waals surface area contributed by atoms with E-state index in [1.807, 2.05) is 17.9 Å². The summed E-state index contributed by atoms with van der Waals surface area (Å²) in [7, 11) is 1.95. The molecule has 0 aliphatic heterocycles. The summed E-state index contributed by atoms with van der Waals surface area (Å²) < 4.78 is 1.85. The zero-order valence-electron chi connectivity index (χ0n) is 11.1. The number of benzene rings is 1. The topological polar surface area (TPSA) is 29.9 Å². The lowest BCUT2D eigenvalue weighted by molar-refractivity contribution is 0.548. The number of nitrogens with zero attached hydrogens (tertiary/aromatic N) is 2. The van der Waals surface area contributed by atoms with E-state index in [-0.39, 0.29) is 0 Å². The van der Waals surface area contributed by atoms with Gasteiger partial charge in [-0.1, -0.05) is 30.3 Å². The fraction of sp³-hybridized carbons (Fsp3) is 0.400.